The van der Waals surface area contributed by atoms with E-state index in [1.54, 1.807) is 7.11 Å². The van der Waals surface area contributed by atoms with E-state index in [1.807, 2.05) is 29.2 Å². The van der Waals surface area contributed by atoms with Crippen LogP contribution in [0.15, 0.2) is 24.3 Å². The van der Waals surface area contributed by atoms with Crippen molar-refractivity contribution in [2.45, 2.75) is 44.7 Å². The van der Waals surface area contributed by atoms with Crippen LogP contribution in [0.3, 0.4) is 0 Å². The number of piperidine rings is 1. The number of benzene rings is 1. The Morgan fingerprint density at radius 2 is 1.69 bits per heavy atom. The Morgan fingerprint density at radius 3 is 2.31 bits per heavy atom. The third kappa shape index (κ3) is 4.15. The number of amides is 3. The molecular weight excluding hydrogens is 370 g/mol. The van der Waals surface area contributed by atoms with Crippen molar-refractivity contribution in [3.8, 4) is 5.75 Å². The van der Waals surface area contributed by atoms with E-state index in [2.05, 4.69) is 4.90 Å². The van der Waals surface area contributed by atoms with Gasteiger partial charge in [0.05, 0.1) is 26.1 Å². The van der Waals surface area contributed by atoms with Gasteiger partial charge in [-0.05, 0) is 56.5 Å². The largest absolute Gasteiger partial charge is 0.497 e. The molecule has 0 aliphatic carbocycles. The van der Waals surface area contributed by atoms with Gasteiger partial charge in [0.2, 0.25) is 17.7 Å². The summed E-state index contributed by atoms with van der Waals surface area (Å²) in [5, 5.41) is 0. The fourth-order valence-electron chi connectivity index (χ4n) is 4.68. The second-order valence-electron chi connectivity index (χ2n) is 8.23. The first kappa shape index (κ1) is 19.9. The van der Waals surface area contributed by atoms with Crippen molar-refractivity contribution in [1.82, 2.24) is 14.7 Å². The number of carbonyl (C=O) groups excluding carboxylic acids is 3. The minimum absolute atomic E-state index is 0.0620. The molecular formula is C22H29N3O4. The number of imide groups is 1. The maximum atomic E-state index is 12.9. The van der Waals surface area contributed by atoms with Crippen LogP contribution in [0.5, 0.6) is 5.75 Å². The smallest absolute Gasteiger partial charge is 0.247 e. The van der Waals surface area contributed by atoms with Crippen LogP contribution < -0.4 is 4.74 Å². The number of rotatable bonds is 5. The molecule has 29 heavy (non-hydrogen) atoms. The van der Waals surface area contributed by atoms with Gasteiger partial charge in [-0.15, -0.1) is 0 Å². The van der Waals surface area contributed by atoms with E-state index in [0.29, 0.717) is 19.6 Å². The first-order chi connectivity index (χ1) is 14.1. The number of hydrogen-bond donors (Lipinski definition) is 0. The summed E-state index contributed by atoms with van der Waals surface area (Å²) in [6.45, 7) is 3.46. The molecule has 1 atom stereocenters. The Kier molecular flexibility index (Phi) is 5.85. The molecule has 0 N–H and O–H groups in total. The second-order valence-corrected chi connectivity index (χ2v) is 8.23. The fraction of sp³-hybridized carbons (Fsp3) is 0.591. The number of ether oxygens (including phenoxy) is 1. The third-order valence-corrected chi connectivity index (χ3v) is 6.46. The van der Waals surface area contributed by atoms with E-state index < -0.39 is 0 Å². The Balaban J connectivity index is 1.33. The van der Waals surface area contributed by atoms with Gasteiger partial charge in [0.15, 0.2) is 0 Å². The topological polar surface area (TPSA) is 70.2 Å². The van der Waals surface area contributed by atoms with Crippen LogP contribution in [-0.2, 0) is 20.9 Å². The highest BCUT2D eigenvalue weighted by Gasteiger charge is 2.43. The highest BCUT2D eigenvalue weighted by molar-refractivity contribution is 6.05. The van der Waals surface area contributed by atoms with E-state index in [-0.39, 0.29) is 36.1 Å². The van der Waals surface area contributed by atoms with E-state index in [9.17, 15) is 14.4 Å². The molecule has 0 saturated carbocycles. The molecule has 0 unspecified atom stereocenters. The van der Waals surface area contributed by atoms with Gasteiger partial charge in [-0.1, -0.05) is 12.1 Å². The van der Waals surface area contributed by atoms with Crippen molar-refractivity contribution < 1.29 is 19.1 Å². The lowest BCUT2D eigenvalue weighted by Crippen LogP contribution is -2.48. The molecule has 0 aromatic heterocycles. The van der Waals surface area contributed by atoms with E-state index in [0.717, 1.165) is 50.1 Å². The maximum Gasteiger partial charge on any atom is 0.247 e. The van der Waals surface area contributed by atoms with Crippen LogP contribution in [-0.4, -0.2) is 71.8 Å². The van der Waals surface area contributed by atoms with Crippen molar-refractivity contribution in [3.63, 3.8) is 0 Å². The molecule has 3 amide bonds. The minimum Gasteiger partial charge on any atom is -0.497 e. The molecule has 0 bridgehead atoms. The summed E-state index contributed by atoms with van der Waals surface area (Å²) in [5.41, 5.74) is 0.906. The van der Waals surface area contributed by atoms with Crippen LogP contribution in [0.1, 0.15) is 37.7 Å². The monoisotopic (exact) mass is 399 g/mol. The van der Waals surface area contributed by atoms with Gasteiger partial charge in [-0.25, -0.2) is 0 Å². The van der Waals surface area contributed by atoms with E-state index in [4.69, 9.17) is 4.74 Å². The predicted octanol–water partition coefficient (Wildman–Crippen LogP) is 1.66. The summed E-state index contributed by atoms with van der Waals surface area (Å²) in [6, 6.07) is 7.04. The Hall–Kier alpha value is -2.41. The SMILES string of the molecule is COc1ccc(CN2C(=O)C[C@@H](N3CCC(C(=O)N4CCCC4)CC3)C2=O)cc1. The van der Waals surface area contributed by atoms with Crippen LogP contribution in [0, 0.1) is 5.92 Å². The van der Waals surface area contributed by atoms with E-state index in [1.165, 1.54) is 4.90 Å². The second kappa shape index (κ2) is 8.53. The van der Waals surface area contributed by atoms with Gasteiger partial charge < -0.3 is 9.64 Å². The summed E-state index contributed by atoms with van der Waals surface area (Å²) in [4.78, 5) is 43.5. The van der Waals surface area contributed by atoms with Crippen molar-refractivity contribution in [3.05, 3.63) is 29.8 Å². The Morgan fingerprint density at radius 1 is 1.03 bits per heavy atom. The lowest BCUT2D eigenvalue weighted by molar-refractivity contribution is -0.140. The zero-order chi connectivity index (χ0) is 20.4. The molecule has 3 fully saturated rings. The molecule has 3 heterocycles. The average Bonchev–Trinajstić information content (AvgIpc) is 3.38. The molecule has 3 saturated heterocycles. The number of nitrogens with zero attached hydrogens (tertiary/aromatic N) is 3. The molecule has 1 aromatic rings. The number of likely N-dealkylation sites (tertiary alicyclic amines) is 3. The number of methoxy groups -OCH3 is 1. The zero-order valence-electron chi connectivity index (χ0n) is 17.0. The molecule has 3 aliphatic heterocycles. The summed E-state index contributed by atoms with van der Waals surface area (Å²) < 4.78 is 5.15. The molecule has 156 valence electrons. The zero-order valence-corrected chi connectivity index (χ0v) is 17.0. The predicted molar refractivity (Wildman–Crippen MR) is 107 cm³/mol. The normalized spacial score (nSPS) is 23.8. The summed E-state index contributed by atoms with van der Waals surface area (Å²) >= 11 is 0. The van der Waals surface area contributed by atoms with Gasteiger partial charge in [0.1, 0.15) is 5.75 Å². The van der Waals surface area contributed by atoms with Gasteiger partial charge in [-0.2, -0.15) is 0 Å². The van der Waals surface area contributed by atoms with Crippen LogP contribution in [0.4, 0.5) is 0 Å². The summed E-state index contributed by atoms with van der Waals surface area (Å²) in [7, 11) is 1.61. The van der Waals surface area contributed by atoms with Gasteiger partial charge >= 0.3 is 0 Å². The lowest BCUT2D eigenvalue weighted by atomic mass is 9.94. The minimum atomic E-state index is -0.386. The van der Waals surface area contributed by atoms with E-state index >= 15 is 0 Å². The van der Waals surface area contributed by atoms with Crippen molar-refractivity contribution >= 4 is 17.7 Å². The van der Waals surface area contributed by atoms with Gasteiger partial charge in [-0.3, -0.25) is 24.2 Å². The Labute approximate surface area is 171 Å². The first-order valence-corrected chi connectivity index (χ1v) is 10.6. The van der Waals surface area contributed by atoms with Crippen molar-refractivity contribution in [2.75, 3.05) is 33.3 Å². The van der Waals surface area contributed by atoms with Crippen LogP contribution in [0.2, 0.25) is 0 Å². The van der Waals surface area contributed by atoms with Crippen molar-refractivity contribution in [1.29, 1.82) is 0 Å². The van der Waals surface area contributed by atoms with Gasteiger partial charge in [0, 0.05) is 19.0 Å². The molecule has 0 radical (unpaired) electrons. The lowest BCUT2D eigenvalue weighted by Gasteiger charge is -2.35. The van der Waals surface area contributed by atoms with Crippen molar-refractivity contribution in [2.24, 2.45) is 5.92 Å². The number of hydrogen-bond acceptors (Lipinski definition) is 5. The molecule has 3 aliphatic rings. The molecule has 7 nitrogen and oxygen atoms in total. The molecule has 1 aromatic carbocycles. The maximum absolute atomic E-state index is 12.9. The molecule has 0 spiro atoms. The quantitative estimate of drug-likeness (QED) is 0.705. The van der Waals surface area contributed by atoms with Gasteiger partial charge in [0.25, 0.3) is 0 Å². The summed E-state index contributed by atoms with van der Waals surface area (Å²) in [6.07, 6.45) is 3.98. The Bertz CT molecular complexity index is 765. The molecule has 7 heteroatoms. The van der Waals surface area contributed by atoms with Crippen LogP contribution in [0.25, 0.3) is 0 Å². The highest BCUT2D eigenvalue weighted by atomic mass is 16.5. The average molecular weight is 399 g/mol. The fourth-order valence-corrected chi connectivity index (χ4v) is 4.68. The highest BCUT2D eigenvalue weighted by Crippen LogP contribution is 2.28. The first-order valence-electron chi connectivity index (χ1n) is 10.6. The summed E-state index contributed by atoms with van der Waals surface area (Å²) in [5.74, 6) is 0.849. The molecule has 4 rings (SSSR count). The van der Waals surface area contributed by atoms with Crippen LogP contribution >= 0.6 is 0 Å². The standard InChI is InChI=1S/C22H29N3O4/c1-29-18-6-4-16(5-7-18)15-25-20(26)14-19(22(25)28)23-12-8-17(9-13-23)21(27)24-10-2-3-11-24/h4-7,17,19H,2-3,8-15H2,1H3/t19-/m1/s1. The number of carbonyl (C=O) groups is 3. The third-order valence-electron chi connectivity index (χ3n) is 6.46.